The number of nitrogens with one attached hydrogen (secondary N) is 1. The zero-order valence-electron chi connectivity index (χ0n) is 6.53. The molecule has 0 aromatic rings. The minimum absolute atomic E-state index is 0.882. The fraction of sp³-hybridized carbons (Fsp3) is 0.889. The average Bonchev–Trinajstić information content (AvgIpc) is 2.74. The highest BCUT2D eigenvalue weighted by Crippen LogP contribution is 2.28. The van der Waals surface area contributed by atoms with Crippen LogP contribution in [0.25, 0.3) is 0 Å². The largest absolute Gasteiger partial charge is 0.307 e. The molecular formula is C9H16N. The quantitative estimate of drug-likeness (QED) is 0.617. The summed E-state index contributed by atoms with van der Waals surface area (Å²) in [4.78, 5) is 0. The Hall–Kier alpha value is -0.0400. The van der Waals surface area contributed by atoms with Crippen LogP contribution in [-0.2, 0) is 0 Å². The molecule has 2 rings (SSSR count). The van der Waals surface area contributed by atoms with Crippen LogP contribution in [0.15, 0.2) is 0 Å². The van der Waals surface area contributed by atoms with Crippen LogP contribution >= 0.6 is 0 Å². The highest BCUT2D eigenvalue weighted by molar-refractivity contribution is 4.96. The summed E-state index contributed by atoms with van der Waals surface area (Å²) in [6.07, 6.45) is 9.86. The van der Waals surface area contributed by atoms with Gasteiger partial charge in [-0.05, 0) is 25.7 Å². The molecule has 1 heteroatoms. The monoisotopic (exact) mass is 138 g/mol. The average molecular weight is 138 g/mol. The lowest BCUT2D eigenvalue weighted by Crippen LogP contribution is -2.24. The Labute approximate surface area is 63.2 Å². The molecular weight excluding hydrogens is 122 g/mol. The smallest absolute Gasteiger partial charge is 0.0366 e. The second-order valence-corrected chi connectivity index (χ2v) is 3.58. The predicted molar refractivity (Wildman–Crippen MR) is 42.5 cm³/mol. The molecule has 0 aliphatic heterocycles. The van der Waals surface area contributed by atoms with Crippen LogP contribution in [0.4, 0.5) is 0 Å². The first-order valence-electron chi connectivity index (χ1n) is 4.56. The van der Waals surface area contributed by atoms with Crippen LogP contribution < -0.4 is 5.32 Å². The van der Waals surface area contributed by atoms with Gasteiger partial charge >= 0.3 is 0 Å². The van der Waals surface area contributed by atoms with E-state index in [1.54, 1.807) is 6.04 Å². The maximum atomic E-state index is 3.61. The lowest BCUT2D eigenvalue weighted by molar-refractivity contribution is 0.470. The van der Waals surface area contributed by atoms with Crippen LogP contribution in [0.5, 0.6) is 0 Å². The van der Waals surface area contributed by atoms with Gasteiger partial charge in [0, 0.05) is 12.1 Å². The molecule has 0 amide bonds. The minimum Gasteiger partial charge on any atom is -0.307 e. The van der Waals surface area contributed by atoms with Crippen molar-refractivity contribution < 1.29 is 0 Å². The van der Waals surface area contributed by atoms with Crippen molar-refractivity contribution in [3.63, 3.8) is 0 Å². The summed E-state index contributed by atoms with van der Waals surface area (Å²) in [5, 5.41) is 3.61. The third-order valence-corrected chi connectivity index (χ3v) is 2.44. The second-order valence-electron chi connectivity index (χ2n) is 3.58. The first-order valence-corrected chi connectivity index (χ1v) is 4.56. The lowest BCUT2D eigenvalue weighted by atomic mass is 9.95. The van der Waals surface area contributed by atoms with E-state index in [1.165, 1.54) is 44.9 Å². The predicted octanol–water partition coefficient (Wildman–Crippen LogP) is 2.23. The van der Waals surface area contributed by atoms with E-state index in [2.05, 4.69) is 5.32 Å². The van der Waals surface area contributed by atoms with Crippen LogP contribution in [0.3, 0.4) is 0 Å². The molecule has 1 nitrogen and oxygen atoms in total. The summed E-state index contributed by atoms with van der Waals surface area (Å²) in [7, 11) is 0. The van der Waals surface area contributed by atoms with E-state index >= 15 is 0 Å². The zero-order valence-corrected chi connectivity index (χ0v) is 6.53. The summed E-state index contributed by atoms with van der Waals surface area (Å²) in [5.74, 6) is 0. The molecule has 0 heterocycles. The highest BCUT2D eigenvalue weighted by Gasteiger charge is 2.25. The minimum atomic E-state index is 0.882. The summed E-state index contributed by atoms with van der Waals surface area (Å²) in [5.41, 5.74) is 0. The highest BCUT2D eigenvalue weighted by atomic mass is 15.0. The van der Waals surface area contributed by atoms with Gasteiger partial charge in [0.15, 0.2) is 0 Å². The first-order chi connectivity index (χ1) is 4.95. The number of hydrogen-bond acceptors (Lipinski definition) is 1. The van der Waals surface area contributed by atoms with Gasteiger partial charge in [0.2, 0.25) is 0 Å². The Morgan fingerprint density at radius 2 is 1.70 bits per heavy atom. The van der Waals surface area contributed by atoms with Crippen LogP contribution in [-0.4, -0.2) is 6.04 Å². The van der Waals surface area contributed by atoms with Crippen molar-refractivity contribution in [3.8, 4) is 0 Å². The molecule has 0 aromatic heterocycles. The van der Waals surface area contributed by atoms with Gasteiger partial charge in [-0.1, -0.05) is 19.3 Å². The molecule has 0 bridgehead atoms. The maximum absolute atomic E-state index is 3.61. The van der Waals surface area contributed by atoms with Crippen molar-refractivity contribution in [3.05, 3.63) is 6.04 Å². The topological polar surface area (TPSA) is 12.0 Å². The molecule has 2 aliphatic rings. The fourth-order valence-electron chi connectivity index (χ4n) is 1.64. The van der Waals surface area contributed by atoms with Crippen molar-refractivity contribution in [2.75, 3.05) is 0 Å². The van der Waals surface area contributed by atoms with Gasteiger partial charge in [-0.15, -0.1) is 0 Å². The molecule has 2 aliphatic carbocycles. The third kappa shape index (κ3) is 1.72. The van der Waals surface area contributed by atoms with Gasteiger partial charge in [-0.2, -0.15) is 0 Å². The molecule has 10 heavy (non-hydrogen) atoms. The van der Waals surface area contributed by atoms with Gasteiger partial charge < -0.3 is 5.32 Å². The third-order valence-electron chi connectivity index (χ3n) is 2.44. The van der Waals surface area contributed by atoms with Crippen molar-refractivity contribution >= 4 is 0 Å². The van der Waals surface area contributed by atoms with Gasteiger partial charge in [-0.3, -0.25) is 0 Å². The second kappa shape index (κ2) is 2.91. The normalized spacial score (nSPS) is 28.8. The molecule has 2 fully saturated rings. The zero-order chi connectivity index (χ0) is 6.81. The number of rotatable bonds is 2. The molecule has 1 radical (unpaired) electrons. The molecule has 1 N–H and O–H groups in total. The SMILES string of the molecule is C1CC[C](NC2CC2)CC1. The van der Waals surface area contributed by atoms with Gasteiger partial charge in [0.05, 0.1) is 0 Å². The Balaban J connectivity index is 1.69. The maximum Gasteiger partial charge on any atom is 0.0366 e. The molecule has 2 saturated carbocycles. The molecule has 0 atom stereocenters. The molecule has 0 aromatic carbocycles. The first kappa shape index (κ1) is 6.66. The van der Waals surface area contributed by atoms with Gasteiger partial charge in [0.25, 0.3) is 0 Å². The van der Waals surface area contributed by atoms with Crippen LogP contribution in [0.2, 0.25) is 0 Å². The Morgan fingerprint density at radius 1 is 1.00 bits per heavy atom. The Kier molecular flexibility index (Phi) is 1.94. The van der Waals surface area contributed by atoms with E-state index < -0.39 is 0 Å². The van der Waals surface area contributed by atoms with E-state index in [-0.39, 0.29) is 0 Å². The van der Waals surface area contributed by atoms with Crippen LogP contribution in [0, 0.1) is 6.04 Å². The lowest BCUT2D eigenvalue weighted by Gasteiger charge is -2.21. The molecule has 57 valence electrons. The van der Waals surface area contributed by atoms with Gasteiger partial charge in [0.1, 0.15) is 0 Å². The van der Waals surface area contributed by atoms with E-state index in [4.69, 9.17) is 0 Å². The van der Waals surface area contributed by atoms with E-state index in [0.717, 1.165) is 6.04 Å². The molecule has 0 unspecified atom stereocenters. The standard InChI is InChI=1S/C9H16N/c1-2-4-8(5-3-1)10-9-6-7-9/h9-10H,1-7H2. The van der Waals surface area contributed by atoms with E-state index in [0.29, 0.717) is 0 Å². The summed E-state index contributed by atoms with van der Waals surface area (Å²) in [6, 6.07) is 2.53. The fourth-order valence-corrected chi connectivity index (χ4v) is 1.64. The Morgan fingerprint density at radius 3 is 2.30 bits per heavy atom. The Bertz CT molecular complexity index is 101. The summed E-state index contributed by atoms with van der Waals surface area (Å²) in [6.45, 7) is 0. The van der Waals surface area contributed by atoms with Crippen molar-refractivity contribution in [1.29, 1.82) is 0 Å². The van der Waals surface area contributed by atoms with Crippen molar-refractivity contribution in [1.82, 2.24) is 5.32 Å². The van der Waals surface area contributed by atoms with Crippen molar-refractivity contribution in [2.45, 2.75) is 51.0 Å². The van der Waals surface area contributed by atoms with Crippen molar-refractivity contribution in [2.24, 2.45) is 0 Å². The molecule has 0 spiro atoms. The van der Waals surface area contributed by atoms with Crippen LogP contribution in [0.1, 0.15) is 44.9 Å². The summed E-state index contributed by atoms with van der Waals surface area (Å²) >= 11 is 0. The van der Waals surface area contributed by atoms with E-state index in [9.17, 15) is 0 Å². The van der Waals surface area contributed by atoms with Gasteiger partial charge in [-0.25, -0.2) is 0 Å². The van der Waals surface area contributed by atoms with E-state index in [1.807, 2.05) is 0 Å². The number of hydrogen-bond donors (Lipinski definition) is 1. The summed E-state index contributed by atoms with van der Waals surface area (Å²) < 4.78 is 0. The molecule has 0 saturated heterocycles.